The molecule has 350 valence electrons. The molecule has 0 aromatic carbocycles. The minimum atomic E-state index is -4.64. The van der Waals surface area contributed by atoms with Crippen LogP contribution in [0.4, 0.5) is 0 Å². The Morgan fingerprint density at radius 3 is 1.38 bits per heavy atom. The van der Waals surface area contributed by atoms with Gasteiger partial charge in [0.25, 0.3) is 0 Å². The molecule has 0 aromatic rings. The van der Waals surface area contributed by atoms with Gasteiger partial charge in [-0.25, -0.2) is 4.57 Å². The minimum Gasteiger partial charge on any atom is -0.462 e. The van der Waals surface area contributed by atoms with Crippen LogP contribution in [-0.4, -0.2) is 65.7 Å². The second-order valence-electron chi connectivity index (χ2n) is 15.4. The van der Waals surface area contributed by atoms with E-state index in [4.69, 9.17) is 23.6 Å². The summed E-state index contributed by atoms with van der Waals surface area (Å²) in [6, 6.07) is 0. The Balaban J connectivity index is 4.33. The van der Waals surface area contributed by atoms with Gasteiger partial charge in [-0.15, -0.1) is 0 Å². The van der Waals surface area contributed by atoms with Crippen LogP contribution >= 0.6 is 7.82 Å². The molecule has 0 rings (SSSR count). The molecule has 0 aliphatic carbocycles. The number of aliphatic hydroxyl groups is 2. The Kier molecular flexibility index (Phi) is 43.1. The summed E-state index contributed by atoms with van der Waals surface area (Å²) in [5.41, 5.74) is 0. The third kappa shape index (κ3) is 45.0. The zero-order valence-electron chi connectivity index (χ0n) is 38.1. The maximum absolute atomic E-state index is 12.6. The lowest BCUT2D eigenvalue weighted by atomic mass is 10.1. The summed E-state index contributed by atoms with van der Waals surface area (Å²) in [4.78, 5) is 35.1. The van der Waals surface area contributed by atoms with E-state index in [2.05, 4.69) is 98.9 Å². The first-order valence-electron chi connectivity index (χ1n) is 23.5. The van der Waals surface area contributed by atoms with Crippen molar-refractivity contribution in [2.45, 2.75) is 193 Å². The highest BCUT2D eigenvalue weighted by Crippen LogP contribution is 2.43. The molecule has 0 saturated heterocycles. The average molecular weight is 877 g/mol. The number of phosphoric acid groups is 1. The van der Waals surface area contributed by atoms with Crippen molar-refractivity contribution in [1.29, 1.82) is 0 Å². The van der Waals surface area contributed by atoms with Gasteiger partial charge in [0, 0.05) is 12.8 Å². The number of hydrogen-bond donors (Lipinski definition) is 3. The standard InChI is InChI=1S/C50H85O10P/c1-3-5-7-9-11-13-15-17-19-21-23-25-27-29-31-33-35-37-39-41-49(53)57-45-48(46-59-61(55,56)58-44-47(52)43-51)60-50(54)42-40-38-36-34-32-30-28-26-24-22-20-18-16-14-12-10-8-6-4-2/h6,8,11-14,17-20,24,26,30,32,47-48,51-52H,3-5,7,9-10,15-16,21-23,25,27-29,31,33-46H2,1-2H3,(H,55,56)/b8-6+,13-11+,14-12+,19-17+,20-18+,26-24+,32-30+/t47-,48+/m0/s1. The van der Waals surface area contributed by atoms with Crippen molar-refractivity contribution in [2.75, 3.05) is 26.4 Å². The van der Waals surface area contributed by atoms with Crippen LogP contribution in [0.25, 0.3) is 0 Å². The van der Waals surface area contributed by atoms with Gasteiger partial charge in [-0.05, 0) is 89.9 Å². The van der Waals surface area contributed by atoms with Crippen LogP contribution in [0.15, 0.2) is 85.1 Å². The Morgan fingerprint density at radius 2 is 0.902 bits per heavy atom. The number of unbranched alkanes of at least 4 members (excludes halogenated alkanes) is 15. The van der Waals surface area contributed by atoms with E-state index < -0.39 is 51.8 Å². The topological polar surface area (TPSA) is 149 Å². The fourth-order valence-electron chi connectivity index (χ4n) is 5.93. The van der Waals surface area contributed by atoms with Crippen LogP contribution in [-0.2, 0) is 32.7 Å². The van der Waals surface area contributed by atoms with Crippen LogP contribution in [0, 0.1) is 0 Å². The van der Waals surface area contributed by atoms with Gasteiger partial charge in [0.1, 0.15) is 12.7 Å². The van der Waals surface area contributed by atoms with Crippen molar-refractivity contribution in [3.05, 3.63) is 85.1 Å². The summed E-state index contributed by atoms with van der Waals surface area (Å²) in [5, 5.41) is 18.4. The average Bonchev–Trinajstić information content (AvgIpc) is 3.25. The Morgan fingerprint density at radius 1 is 0.508 bits per heavy atom. The van der Waals surface area contributed by atoms with Crippen molar-refractivity contribution in [3.63, 3.8) is 0 Å². The molecule has 61 heavy (non-hydrogen) atoms. The highest BCUT2D eigenvalue weighted by atomic mass is 31.2. The molecule has 11 heteroatoms. The SMILES string of the molecule is CC/C=C/C/C=C/C/C=C/C/C=C/C/C=C/CCCCCC(=O)O[C@H](COC(=O)CCCCCCCCCCC/C=C/C/C=C/CCCCC)COP(=O)(O)OC[C@@H](O)CO. The van der Waals surface area contributed by atoms with Gasteiger partial charge in [-0.1, -0.05) is 163 Å². The van der Waals surface area contributed by atoms with Crippen LogP contribution in [0.2, 0.25) is 0 Å². The van der Waals surface area contributed by atoms with E-state index in [0.717, 1.165) is 83.5 Å². The monoisotopic (exact) mass is 877 g/mol. The van der Waals surface area contributed by atoms with E-state index in [0.29, 0.717) is 12.8 Å². The maximum Gasteiger partial charge on any atom is 0.472 e. The zero-order chi connectivity index (χ0) is 44.8. The maximum atomic E-state index is 12.6. The fourth-order valence-corrected chi connectivity index (χ4v) is 6.72. The molecule has 3 N–H and O–H groups in total. The fraction of sp³-hybridized carbons (Fsp3) is 0.680. The van der Waals surface area contributed by atoms with E-state index >= 15 is 0 Å². The van der Waals surface area contributed by atoms with Crippen molar-refractivity contribution >= 4 is 19.8 Å². The number of hydrogen-bond acceptors (Lipinski definition) is 9. The number of ether oxygens (including phenoxy) is 2. The number of phosphoric ester groups is 1. The van der Waals surface area contributed by atoms with E-state index in [1.165, 1.54) is 57.8 Å². The summed E-state index contributed by atoms with van der Waals surface area (Å²) in [5.74, 6) is -0.972. The van der Waals surface area contributed by atoms with E-state index in [9.17, 15) is 24.2 Å². The van der Waals surface area contributed by atoms with E-state index in [1.54, 1.807) is 0 Å². The molecule has 0 aliphatic rings. The number of carbonyl (C=O) groups excluding carboxylic acids is 2. The van der Waals surface area contributed by atoms with Crippen LogP contribution in [0.3, 0.4) is 0 Å². The lowest BCUT2D eigenvalue weighted by Gasteiger charge is -2.20. The van der Waals surface area contributed by atoms with Gasteiger partial charge in [0.05, 0.1) is 19.8 Å². The summed E-state index contributed by atoms with van der Waals surface area (Å²) in [6.07, 6.45) is 54.0. The normalized spacial score (nSPS) is 14.5. The van der Waals surface area contributed by atoms with Gasteiger partial charge in [0.15, 0.2) is 6.10 Å². The largest absolute Gasteiger partial charge is 0.472 e. The Labute approximate surface area is 371 Å². The zero-order valence-corrected chi connectivity index (χ0v) is 39.0. The first-order valence-corrected chi connectivity index (χ1v) is 25.0. The number of rotatable bonds is 43. The van der Waals surface area contributed by atoms with Crippen LogP contribution in [0.1, 0.15) is 181 Å². The van der Waals surface area contributed by atoms with Crippen LogP contribution < -0.4 is 0 Å². The van der Waals surface area contributed by atoms with Crippen molar-refractivity contribution in [1.82, 2.24) is 0 Å². The first-order chi connectivity index (χ1) is 29.7. The summed E-state index contributed by atoms with van der Waals surface area (Å²) >= 11 is 0. The van der Waals surface area contributed by atoms with Gasteiger partial charge in [-0.3, -0.25) is 18.6 Å². The molecule has 0 aromatic heterocycles. The Hall–Kier alpha value is -2.85. The van der Waals surface area contributed by atoms with Gasteiger partial charge in [-0.2, -0.15) is 0 Å². The molecule has 0 amide bonds. The van der Waals surface area contributed by atoms with Gasteiger partial charge >= 0.3 is 19.8 Å². The lowest BCUT2D eigenvalue weighted by molar-refractivity contribution is -0.161. The molecule has 0 spiro atoms. The molecule has 0 radical (unpaired) electrons. The summed E-state index contributed by atoms with van der Waals surface area (Å²) in [6.45, 7) is 2.19. The molecule has 0 aliphatic heterocycles. The second-order valence-corrected chi connectivity index (χ2v) is 16.8. The molecule has 0 bridgehead atoms. The molecular formula is C50H85O10P. The molecule has 1 unspecified atom stereocenters. The summed E-state index contributed by atoms with van der Waals surface area (Å²) < 4.78 is 32.8. The molecule has 3 atom stereocenters. The molecule has 0 fully saturated rings. The molecule has 10 nitrogen and oxygen atoms in total. The Bertz CT molecular complexity index is 1280. The van der Waals surface area contributed by atoms with Crippen molar-refractivity contribution < 1.29 is 47.8 Å². The lowest BCUT2D eigenvalue weighted by Crippen LogP contribution is -2.29. The number of allylic oxidation sites excluding steroid dienone is 14. The highest BCUT2D eigenvalue weighted by Gasteiger charge is 2.27. The number of carbonyl (C=O) groups is 2. The van der Waals surface area contributed by atoms with Crippen LogP contribution in [0.5, 0.6) is 0 Å². The van der Waals surface area contributed by atoms with Gasteiger partial charge in [0.2, 0.25) is 0 Å². The molecule has 0 saturated carbocycles. The number of aliphatic hydroxyl groups excluding tert-OH is 2. The van der Waals surface area contributed by atoms with Gasteiger partial charge < -0.3 is 24.6 Å². The quantitative estimate of drug-likeness (QED) is 0.0234. The molecule has 0 heterocycles. The predicted molar refractivity (Wildman–Crippen MR) is 251 cm³/mol. The van der Waals surface area contributed by atoms with E-state index in [-0.39, 0.29) is 19.4 Å². The van der Waals surface area contributed by atoms with Crippen molar-refractivity contribution in [3.8, 4) is 0 Å². The highest BCUT2D eigenvalue weighted by molar-refractivity contribution is 7.47. The van der Waals surface area contributed by atoms with E-state index in [1.807, 2.05) is 0 Å². The third-order valence-corrected chi connectivity index (χ3v) is 10.5. The molecular weight excluding hydrogens is 792 g/mol. The smallest absolute Gasteiger partial charge is 0.462 e. The second kappa shape index (κ2) is 45.2. The van der Waals surface area contributed by atoms with Crippen molar-refractivity contribution in [2.24, 2.45) is 0 Å². The summed E-state index contributed by atoms with van der Waals surface area (Å²) in [7, 11) is -4.64. The first kappa shape index (κ1) is 58.1. The predicted octanol–water partition coefficient (Wildman–Crippen LogP) is 13.0. The third-order valence-electron chi connectivity index (χ3n) is 9.53. The minimum absolute atomic E-state index is 0.140. The number of esters is 2.